The van der Waals surface area contributed by atoms with Crippen molar-refractivity contribution in [2.45, 2.75) is 13.0 Å². The van der Waals surface area contributed by atoms with Crippen LogP contribution in [0.3, 0.4) is 0 Å². The molecule has 5 nitrogen and oxygen atoms in total. The number of nitrogens with one attached hydrogen (secondary N) is 1. The van der Waals surface area contributed by atoms with Gasteiger partial charge in [-0.25, -0.2) is 4.79 Å². The van der Waals surface area contributed by atoms with E-state index in [-0.39, 0.29) is 35.2 Å². The SMILES string of the molecule is Cn1c(=O)[nH]c2c(c1=O)C[N+](C)(C)CC2.I. The summed E-state index contributed by atoms with van der Waals surface area (Å²) in [5, 5.41) is 0. The van der Waals surface area contributed by atoms with Crippen molar-refractivity contribution in [3.63, 3.8) is 0 Å². The number of hydrogen-bond donors (Lipinski definition) is 1. The Morgan fingerprint density at radius 3 is 2.56 bits per heavy atom. The zero-order valence-corrected chi connectivity index (χ0v) is 12.1. The van der Waals surface area contributed by atoms with Crippen molar-refractivity contribution < 1.29 is 4.48 Å². The van der Waals surface area contributed by atoms with Crippen LogP contribution < -0.4 is 11.2 Å². The van der Waals surface area contributed by atoms with Gasteiger partial charge in [-0.05, 0) is 0 Å². The van der Waals surface area contributed by atoms with Crippen LogP contribution >= 0.6 is 24.0 Å². The van der Waals surface area contributed by atoms with Crippen LogP contribution in [-0.4, -0.2) is 34.7 Å². The van der Waals surface area contributed by atoms with Gasteiger partial charge in [0.1, 0.15) is 6.54 Å². The van der Waals surface area contributed by atoms with Gasteiger partial charge in [0.15, 0.2) is 0 Å². The van der Waals surface area contributed by atoms with Gasteiger partial charge in [-0.1, -0.05) is 0 Å². The normalized spacial score (nSPS) is 17.4. The van der Waals surface area contributed by atoms with E-state index in [0.717, 1.165) is 33.3 Å². The van der Waals surface area contributed by atoms with Crippen molar-refractivity contribution in [1.82, 2.24) is 9.55 Å². The van der Waals surface area contributed by atoms with Crippen LogP contribution in [0.5, 0.6) is 0 Å². The fraction of sp³-hybridized carbons (Fsp3) is 0.600. The van der Waals surface area contributed by atoms with E-state index in [0.29, 0.717) is 6.54 Å². The van der Waals surface area contributed by atoms with E-state index in [9.17, 15) is 9.59 Å². The number of fused-ring (bicyclic) bond motifs is 1. The zero-order chi connectivity index (χ0) is 11.2. The van der Waals surface area contributed by atoms with Crippen molar-refractivity contribution >= 4 is 24.0 Å². The number of aromatic nitrogens is 2. The summed E-state index contributed by atoms with van der Waals surface area (Å²) in [5.41, 5.74) is 1.11. The third-order valence-corrected chi connectivity index (χ3v) is 3.04. The molecule has 1 aromatic rings. The molecule has 0 fully saturated rings. The summed E-state index contributed by atoms with van der Waals surface area (Å²) in [6.07, 6.45) is 0.771. The predicted octanol–water partition coefficient (Wildman–Crippen LogP) is -0.176. The molecule has 2 rings (SSSR count). The molecule has 0 saturated heterocycles. The molecular formula is C10H17IN3O2+. The third-order valence-electron chi connectivity index (χ3n) is 3.04. The van der Waals surface area contributed by atoms with Crippen LogP contribution in [0.15, 0.2) is 9.59 Å². The van der Waals surface area contributed by atoms with E-state index >= 15 is 0 Å². The summed E-state index contributed by atoms with van der Waals surface area (Å²) >= 11 is 0. The highest BCUT2D eigenvalue weighted by molar-refractivity contribution is 14.0. The van der Waals surface area contributed by atoms with Crippen LogP contribution in [0.4, 0.5) is 0 Å². The van der Waals surface area contributed by atoms with Gasteiger partial charge in [0.25, 0.3) is 5.56 Å². The first-order valence-electron chi connectivity index (χ1n) is 5.04. The number of aromatic amines is 1. The molecular weight excluding hydrogens is 321 g/mol. The van der Waals surface area contributed by atoms with Gasteiger partial charge in [-0.3, -0.25) is 9.36 Å². The molecule has 0 aliphatic carbocycles. The average Bonchev–Trinajstić information content (AvgIpc) is 2.16. The second-order valence-corrected chi connectivity index (χ2v) is 4.82. The van der Waals surface area contributed by atoms with E-state index in [1.54, 1.807) is 0 Å². The lowest BCUT2D eigenvalue weighted by molar-refractivity contribution is -0.905. The fourth-order valence-electron chi connectivity index (χ4n) is 2.01. The number of rotatable bonds is 0. The lowest BCUT2D eigenvalue weighted by atomic mass is 10.1. The number of quaternary nitrogens is 1. The molecule has 1 aliphatic heterocycles. The molecule has 6 heteroatoms. The minimum absolute atomic E-state index is 0. The summed E-state index contributed by atoms with van der Waals surface area (Å²) in [4.78, 5) is 26.0. The highest BCUT2D eigenvalue weighted by Crippen LogP contribution is 2.15. The Labute approximate surface area is 111 Å². The molecule has 0 bridgehead atoms. The van der Waals surface area contributed by atoms with Crippen molar-refractivity contribution in [3.8, 4) is 0 Å². The van der Waals surface area contributed by atoms with Gasteiger partial charge >= 0.3 is 5.69 Å². The Bertz CT molecular complexity index is 516. The monoisotopic (exact) mass is 338 g/mol. The number of nitrogens with zero attached hydrogens (tertiary/aromatic N) is 2. The first-order valence-corrected chi connectivity index (χ1v) is 5.04. The van der Waals surface area contributed by atoms with Crippen molar-refractivity contribution in [2.24, 2.45) is 7.05 Å². The fourth-order valence-corrected chi connectivity index (χ4v) is 2.01. The average molecular weight is 338 g/mol. The van der Waals surface area contributed by atoms with Gasteiger partial charge < -0.3 is 9.47 Å². The Kier molecular flexibility index (Phi) is 3.63. The highest BCUT2D eigenvalue weighted by atomic mass is 127. The maximum Gasteiger partial charge on any atom is 0.328 e. The minimum atomic E-state index is -0.314. The number of halogens is 1. The van der Waals surface area contributed by atoms with E-state index < -0.39 is 0 Å². The van der Waals surface area contributed by atoms with Crippen LogP contribution in [0.25, 0.3) is 0 Å². The maximum absolute atomic E-state index is 11.9. The van der Waals surface area contributed by atoms with E-state index in [2.05, 4.69) is 19.1 Å². The van der Waals surface area contributed by atoms with E-state index in [4.69, 9.17) is 0 Å². The topological polar surface area (TPSA) is 54.9 Å². The summed E-state index contributed by atoms with van der Waals surface area (Å²) in [6.45, 7) is 1.65. The quantitative estimate of drug-likeness (QED) is 0.527. The Balaban J connectivity index is 0.00000128. The van der Waals surface area contributed by atoms with Crippen LogP contribution in [0.2, 0.25) is 0 Å². The van der Waals surface area contributed by atoms with Gasteiger partial charge in [0, 0.05) is 19.2 Å². The molecule has 0 spiro atoms. The smallest absolute Gasteiger partial charge is 0.324 e. The van der Waals surface area contributed by atoms with E-state index in [1.165, 1.54) is 7.05 Å². The van der Waals surface area contributed by atoms with Gasteiger partial charge in [0.05, 0.1) is 26.2 Å². The first kappa shape index (κ1) is 13.4. The van der Waals surface area contributed by atoms with Crippen LogP contribution in [-0.2, 0) is 20.0 Å². The standard InChI is InChI=1S/C10H15N3O2.HI/c1-12-9(14)7-6-13(2,3)5-4-8(7)11-10(12)15;/h4-6H2,1-3H3;1H/p+1. The lowest BCUT2D eigenvalue weighted by Gasteiger charge is -2.33. The molecule has 0 atom stereocenters. The largest absolute Gasteiger partial charge is 0.328 e. The first-order chi connectivity index (χ1) is 6.91. The van der Waals surface area contributed by atoms with Gasteiger partial charge in [-0.15, -0.1) is 24.0 Å². The molecule has 0 amide bonds. The Morgan fingerprint density at radius 2 is 1.94 bits per heavy atom. The summed E-state index contributed by atoms with van der Waals surface area (Å²) in [7, 11) is 5.69. The maximum atomic E-state index is 11.9. The minimum Gasteiger partial charge on any atom is -0.324 e. The zero-order valence-electron chi connectivity index (χ0n) is 9.74. The molecule has 90 valence electrons. The Morgan fingerprint density at radius 1 is 1.31 bits per heavy atom. The van der Waals surface area contributed by atoms with Crippen molar-refractivity contribution in [3.05, 3.63) is 32.1 Å². The summed E-state index contributed by atoms with van der Waals surface area (Å²) < 4.78 is 1.94. The van der Waals surface area contributed by atoms with E-state index in [1.807, 2.05) is 0 Å². The molecule has 0 unspecified atom stereocenters. The predicted molar refractivity (Wildman–Crippen MR) is 72.1 cm³/mol. The summed E-state index contributed by atoms with van der Waals surface area (Å²) in [5.74, 6) is 0. The molecule has 1 N–H and O–H groups in total. The van der Waals surface area contributed by atoms with Crippen molar-refractivity contribution in [2.75, 3.05) is 20.6 Å². The molecule has 1 aromatic heterocycles. The molecule has 0 radical (unpaired) electrons. The highest BCUT2D eigenvalue weighted by Gasteiger charge is 2.27. The lowest BCUT2D eigenvalue weighted by Crippen LogP contribution is -2.49. The number of H-pyrrole nitrogens is 1. The molecule has 16 heavy (non-hydrogen) atoms. The molecule has 0 saturated carbocycles. The molecule has 1 aliphatic rings. The number of likely N-dealkylation sites (N-methyl/N-ethyl adjacent to an activating group) is 1. The second-order valence-electron chi connectivity index (χ2n) is 4.82. The van der Waals surface area contributed by atoms with Gasteiger partial charge in [-0.2, -0.15) is 0 Å². The third kappa shape index (κ3) is 2.22. The Hall–Kier alpha value is -0.630. The van der Waals surface area contributed by atoms with Crippen molar-refractivity contribution in [1.29, 1.82) is 0 Å². The van der Waals surface area contributed by atoms with Crippen LogP contribution in [0.1, 0.15) is 11.3 Å². The summed E-state index contributed by atoms with van der Waals surface area (Å²) in [6, 6.07) is 0. The van der Waals surface area contributed by atoms with Gasteiger partial charge in [0.2, 0.25) is 0 Å². The molecule has 2 heterocycles. The second kappa shape index (κ2) is 4.33. The number of hydrogen-bond acceptors (Lipinski definition) is 2. The van der Waals surface area contributed by atoms with Crippen LogP contribution in [0, 0.1) is 0 Å². The molecule has 0 aromatic carbocycles.